The van der Waals surface area contributed by atoms with Crippen molar-refractivity contribution in [3.05, 3.63) is 47.7 Å². The van der Waals surface area contributed by atoms with Crippen LogP contribution in [0.1, 0.15) is 69.6 Å². The number of benzene rings is 1. The van der Waals surface area contributed by atoms with Crippen molar-refractivity contribution >= 4 is 11.6 Å². The average Bonchev–Trinajstić information content (AvgIpc) is 3.40. The van der Waals surface area contributed by atoms with Gasteiger partial charge in [-0.2, -0.15) is 13.2 Å². The molecular formula is C32H42F3N3O3. The highest BCUT2D eigenvalue weighted by atomic mass is 19.4. The van der Waals surface area contributed by atoms with Crippen molar-refractivity contribution in [3.63, 3.8) is 0 Å². The van der Waals surface area contributed by atoms with Gasteiger partial charge in [0.15, 0.2) is 0 Å². The lowest BCUT2D eigenvalue weighted by Gasteiger charge is -2.55. The summed E-state index contributed by atoms with van der Waals surface area (Å²) < 4.78 is 45.3. The summed E-state index contributed by atoms with van der Waals surface area (Å²) in [5.41, 5.74) is 0.0964. The van der Waals surface area contributed by atoms with Crippen LogP contribution in [-0.2, 0) is 22.6 Å². The Kier molecular flexibility index (Phi) is 8.79. The summed E-state index contributed by atoms with van der Waals surface area (Å²) in [6.07, 6.45) is 0.484. The van der Waals surface area contributed by atoms with Gasteiger partial charge in [0.25, 0.3) is 0 Å². The Balaban J connectivity index is 1.20. The third-order valence-electron chi connectivity index (χ3n) is 9.79. The minimum Gasteiger partial charge on any atom is -0.460 e. The monoisotopic (exact) mass is 573 g/mol. The van der Waals surface area contributed by atoms with E-state index in [1.165, 1.54) is 6.07 Å². The molecule has 1 saturated carbocycles. The number of alkyl halides is 3. The van der Waals surface area contributed by atoms with Gasteiger partial charge in [-0.05, 0) is 44.0 Å². The maximum Gasteiger partial charge on any atom is 0.393 e. The van der Waals surface area contributed by atoms with Gasteiger partial charge in [-0.15, -0.1) is 0 Å². The van der Waals surface area contributed by atoms with Gasteiger partial charge in [0.05, 0.1) is 18.4 Å². The quantitative estimate of drug-likeness (QED) is 0.432. The number of ketones is 2. The SMILES string of the molecule is CCCCC1(C2CN(C)C3(CCN(Cc4ccc(-c5ccccc5CC(F)(F)F)o4)CC3)CN2)CC(=O)CCC1=O. The summed E-state index contributed by atoms with van der Waals surface area (Å²) >= 11 is 0. The third kappa shape index (κ3) is 6.47. The molecule has 2 saturated heterocycles. The van der Waals surface area contributed by atoms with Gasteiger partial charge in [-0.3, -0.25) is 19.4 Å². The molecule has 0 amide bonds. The molecule has 2 aliphatic heterocycles. The smallest absolute Gasteiger partial charge is 0.393 e. The summed E-state index contributed by atoms with van der Waals surface area (Å²) in [4.78, 5) is 30.5. The van der Waals surface area contributed by atoms with Crippen LogP contribution in [0.3, 0.4) is 0 Å². The van der Waals surface area contributed by atoms with E-state index >= 15 is 0 Å². The Morgan fingerprint density at radius 1 is 1.07 bits per heavy atom. The lowest BCUT2D eigenvalue weighted by Crippen LogP contribution is -2.70. The second-order valence-corrected chi connectivity index (χ2v) is 12.4. The topological polar surface area (TPSA) is 65.8 Å². The molecule has 3 fully saturated rings. The summed E-state index contributed by atoms with van der Waals surface area (Å²) in [7, 11) is 2.16. The molecule has 2 atom stereocenters. The fourth-order valence-corrected chi connectivity index (χ4v) is 7.25. The minimum absolute atomic E-state index is 0.00840. The molecule has 1 aromatic carbocycles. The van der Waals surface area contributed by atoms with Crippen LogP contribution in [0.2, 0.25) is 0 Å². The van der Waals surface area contributed by atoms with Crippen molar-refractivity contribution in [2.45, 2.75) is 89.0 Å². The normalized spacial score (nSPS) is 26.1. The number of piperazine rings is 1. The standard InChI is InChI=1S/C32H42F3N3O3/c1-3-4-13-31(19-24(39)9-12-29(31)40)28-21-37(2)30(22-36-28)14-16-38(17-15-30)20-25-10-11-27(41-25)26-8-6-5-7-23(26)18-32(33,34)35/h5-8,10-11,28,36H,3-4,9,12-22H2,1-2H3. The number of hydrogen-bond acceptors (Lipinski definition) is 6. The molecule has 9 heteroatoms. The Bertz CT molecular complexity index is 1230. The third-order valence-corrected chi connectivity index (χ3v) is 9.79. The van der Waals surface area contributed by atoms with Crippen LogP contribution in [0.15, 0.2) is 40.8 Å². The van der Waals surface area contributed by atoms with Gasteiger partial charge in [0.1, 0.15) is 23.1 Å². The molecule has 6 nitrogen and oxygen atoms in total. The van der Waals surface area contributed by atoms with Crippen LogP contribution in [0.25, 0.3) is 11.3 Å². The highest BCUT2D eigenvalue weighted by Crippen LogP contribution is 2.43. The van der Waals surface area contributed by atoms with Crippen molar-refractivity contribution in [3.8, 4) is 11.3 Å². The number of likely N-dealkylation sites (N-methyl/N-ethyl adjacent to an activating group) is 1. The number of nitrogens with zero attached hydrogens (tertiary/aromatic N) is 2. The fourth-order valence-electron chi connectivity index (χ4n) is 7.25. The minimum atomic E-state index is -4.28. The predicted octanol–water partition coefficient (Wildman–Crippen LogP) is 5.79. The first-order chi connectivity index (χ1) is 19.5. The van der Waals surface area contributed by atoms with E-state index in [0.29, 0.717) is 37.1 Å². The lowest BCUT2D eigenvalue weighted by atomic mass is 9.63. The van der Waals surface area contributed by atoms with E-state index in [1.54, 1.807) is 24.3 Å². The highest BCUT2D eigenvalue weighted by Gasteiger charge is 2.52. The largest absolute Gasteiger partial charge is 0.460 e. The first-order valence-corrected chi connectivity index (χ1v) is 15.0. The second kappa shape index (κ2) is 12.0. The van der Waals surface area contributed by atoms with E-state index in [1.807, 2.05) is 6.07 Å². The van der Waals surface area contributed by atoms with E-state index in [4.69, 9.17) is 4.42 Å². The van der Waals surface area contributed by atoms with Gasteiger partial charge < -0.3 is 9.73 Å². The maximum atomic E-state index is 13.3. The average molecular weight is 574 g/mol. The Labute approximate surface area is 240 Å². The van der Waals surface area contributed by atoms with Crippen LogP contribution in [0, 0.1) is 5.41 Å². The molecule has 41 heavy (non-hydrogen) atoms. The van der Waals surface area contributed by atoms with E-state index in [9.17, 15) is 22.8 Å². The second-order valence-electron chi connectivity index (χ2n) is 12.4. The van der Waals surface area contributed by atoms with Crippen molar-refractivity contribution in [1.82, 2.24) is 15.1 Å². The Hall–Kier alpha value is -2.49. The van der Waals surface area contributed by atoms with E-state index in [-0.39, 0.29) is 28.7 Å². The van der Waals surface area contributed by atoms with E-state index < -0.39 is 18.0 Å². The maximum absolute atomic E-state index is 13.3. The molecule has 0 bridgehead atoms. The molecule has 1 spiro atoms. The lowest BCUT2D eigenvalue weighted by molar-refractivity contribution is -0.144. The zero-order chi connectivity index (χ0) is 29.3. The number of likely N-dealkylation sites (tertiary alicyclic amines) is 1. The first-order valence-electron chi connectivity index (χ1n) is 15.0. The molecule has 224 valence electrons. The summed E-state index contributed by atoms with van der Waals surface area (Å²) in [5.74, 6) is 1.67. The molecule has 0 radical (unpaired) electrons. The number of carbonyl (C=O) groups excluding carboxylic acids is 2. The van der Waals surface area contributed by atoms with Crippen LogP contribution in [0.5, 0.6) is 0 Å². The number of Topliss-reactive ketones (excluding diaryl/α,β-unsaturated/α-hetero) is 2. The van der Waals surface area contributed by atoms with Crippen LogP contribution < -0.4 is 5.32 Å². The number of nitrogens with one attached hydrogen (secondary N) is 1. The molecule has 2 unspecified atom stereocenters. The summed E-state index contributed by atoms with van der Waals surface area (Å²) in [6, 6.07) is 10.1. The first kappa shape index (κ1) is 30.0. The fraction of sp³-hybridized carbons (Fsp3) is 0.625. The molecular weight excluding hydrogens is 531 g/mol. The highest BCUT2D eigenvalue weighted by molar-refractivity contribution is 5.97. The van der Waals surface area contributed by atoms with Gasteiger partial charge in [-0.25, -0.2) is 0 Å². The van der Waals surface area contributed by atoms with Gasteiger partial charge in [-0.1, -0.05) is 44.0 Å². The number of hydrogen-bond donors (Lipinski definition) is 1. The molecule has 1 aromatic heterocycles. The molecule has 3 heterocycles. The van der Waals surface area contributed by atoms with E-state index in [2.05, 4.69) is 29.1 Å². The summed E-state index contributed by atoms with van der Waals surface area (Å²) in [6.45, 7) is 6.02. The molecule has 1 aliphatic carbocycles. The van der Waals surface area contributed by atoms with Gasteiger partial charge in [0, 0.05) is 62.6 Å². The summed E-state index contributed by atoms with van der Waals surface area (Å²) in [5, 5.41) is 3.76. The number of furan rings is 1. The zero-order valence-electron chi connectivity index (χ0n) is 24.2. The zero-order valence-corrected chi connectivity index (χ0v) is 24.2. The number of unbranched alkanes of at least 4 members (excludes halogenated alkanes) is 1. The Morgan fingerprint density at radius 2 is 1.83 bits per heavy atom. The van der Waals surface area contributed by atoms with Crippen LogP contribution in [0.4, 0.5) is 13.2 Å². The van der Waals surface area contributed by atoms with Crippen molar-refractivity contribution in [2.75, 3.05) is 33.2 Å². The number of rotatable bonds is 8. The molecule has 5 rings (SSSR count). The number of carbonyl (C=O) groups is 2. The Morgan fingerprint density at radius 3 is 2.54 bits per heavy atom. The van der Waals surface area contributed by atoms with E-state index in [0.717, 1.165) is 64.0 Å². The van der Waals surface area contributed by atoms with Gasteiger partial charge >= 0.3 is 6.18 Å². The molecule has 2 aromatic rings. The van der Waals surface area contributed by atoms with Crippen molar-refractivity contribution in [2.24, 2.45) is 5.41 Å². The predicted molar refractivity (Wildman–Crippen MR) is 151 cm³/mol. The number of halogens is 3. The molecule has 3 aliphatic rings. The number of piperidine rings is 1. The van der Waals surface area contributed by atoms with Crippen LogP contribution in [-0.4, -0.2) is 72.4 Å². The molecule has 1 N–H and O–H groups in total. The van der Waals surface area contributed by atoms with Gasteiger partial charge in [0.2, 0.25) is 0 Å². The van der Waals surface area contributed by atoms with Crippen molar-refractivity contribution in [1.29, 1.82) is 0 Å². The van der Waals surface area contributed by atoms with Crippen LogP contribution >= 0.6 is 0 Å². The van der Waals surface area contributed by atoms with Crippen molar-refractivity contribution < 1.29 is 27.2 Å².